The minimum atomic E-state index is 0.423. The molecule has 0 amide bonds. The van der Waals surface area contributed by atoms with Crippen molar-refractivity contribution in [3.05, 3.63) is 48.5 Å². The van der Waals surface area contributed by atoms with Gasteiger partial charge in [0.25, 0.3) is 0 Å². The highest BCUT2D eigenvalue weighted by molar-refractivity contribution is 8.21. The number of benzene rings is 2. The molecule has 0 radical (unpaired) electrons. The van der Waals surface area contributed by atoms with Crippen molar-refractivity contribution in [2.24, 2.45) is 10.7 Å². The van der Waals surface area contributed by atoms with Crippen LogP contribution in [-0.4, -0.2) is 19.3 Å². The van der Waals surface area contributed by atoms with Gasteiger partial charge in [-0.05, 0) is 58.2 Å². The molecule has 0 saturated heterocycles. The number of rotatable bonds is 4. The first-order valence-electron chi connectivity index (χ1n) is 6.25. The van der Waals surface area contributed by atoms with Crippen LogP contribution in [0.4, 0.5) is 11.4 Å². The van der Waals surface area contributed by atoms with E-state index in [1.807, 2.05) is 54.6 Å². The van der Waals surface area contributed by atoms with Crippen molar-refractivity contribution in [3.63, 3.8) is 0 Å². The Balaban J connectivity index is 2.29. The van der Waals surface area contributed by atoms with Crippen molar-refractivity contribution in [3.8, 4) is 0 Å². The molecule has 0 heterocycles. The molecule has 0 aliphatic heterocycles. The number of hydrogen-bond acceptors (Lipinski definition) is 3. The molecule has 0 unspecified atom stereocenters. The highest BCUT2D eigenvalue weighted by Gasteiger charge is 2.07. The van der Waals surface area contributed by atoms with Gasteiger partial charge in [-0.2, -0.15) is 0 Å². The van der Waals surface area contributed by atoms with E-state index in [9.17, 15) is 0 Å². The van der Waals surface area contributed by atoms with Crippen molar-refractivity contribution >= 4 is 50.8 Å². The van der Waals surface area contributed by atoms with Crippen molar-refractivity contribution in [2.45, 2.75) is 9.79 Å². The van der Waals surface area contributed by atoms with Crippen LogP contribution < -0.4 is 10.6 Å². The fourth-order valence-corrected chi connectivity index (χ4v) is 2.93. The molecule has 3 nitrogen and oxygen atoms in total. The van der Waals surface area contributed by atoms with Crippen molar-refractivity contribution in [1.29, 1.82) is 0 Å². The van der Waals surface area contributed by atoms with E-state index in [0.717, 1.165) is 27.2 Å². The zero-order valence-corrected chi connectivity index (χ0v) is 14.2. The second-order valence-electron chi connectivity index (χ2n) is 4.28. The van der Waals surface area contributed by atoms with E-state index in [1.165, 1.54) is 4.90 Å². The zero-order chi connectivity index (χ0) is 15.2. The van der Waals surface area contributed by atoms with Crippen LogP contribution >= 0.6 is 33.4 Å². The molecule has 2 rings (SSSR count). The fraction of sp³-hybridized carbons (Fsp3) is 0.133. The monoisotopic (exact) mass is 337 g/mol. The lowest BCUT2D eigenvalue weighted by atomic mass is 10.3. The Kier molecular flexibility index (Phi) is 5.85. The molecule has 0 bridgehead atoms. The molecule has 0 aromatic heterocycles. The maximum absolute atomic E-state index is 6.11. The summed E-state index contributed by atoms with van der Waals surface area (Å²) in [6.45, 7) is 0. The van der Waals surface area contributed by atoms with Gasteiger partial charge >= 0.3 is 0 Å². The molecule has 2 N–H and O–H groups in total. The van der Waals surface area contributed by atoms with Gasteiger partial charge in [0, 0.05) is 22.5 Å². The van der Waals surface area contributed by atoms with Crippen molar-refractivity contribution in [1.82, 2.24) is 0 Å². The Hall–Kier alpha value is -1.30. The van der Waals surface area contributed by atoms with Crippen LogP contribution in [0.3, 0.4) is 0 Å². The molecule has 0 aliphatic carbocycles. The standard InChI is InChI=1S/C15H16ClN3S2/c1-19(11-6-5-7-12(10-11)20-2)15(17)18-13-8-3-4-9-14(13)21-16/h3-10H,1-2H3,(H2,17,18). The van der Waals surface area contributed by atoms with Gasteiger partial charge in [0.15, 0.2) is 0 Å². The van der Waals surface area contributed by atoms with E-state index in [2.05, 4.69) is 17.1 Å². The highest BCUT2D eigenvalue weighted by atomic mass is 35.7. The Labute approximate surface area is 138 Å². The number of halogens is 1. The third-order valence-electron chi connectivity index (χ3n) is 2.97. The Morgan fingerprint density at radius 1 is 1.19 bits per heavy atom. The number of thioether (sulfide) groups is 1. The zero-order valence-electron chi connectivity index (χ0n) is 11.8. The van der Waals surface area contributed by atoms with Crippen LogP contribution in [0.25, 0.3) is 0 Å². The smallest absolute Gasteiger partial charge is 0.200 e. The van der Waals surface area contributed by atoms with E-state index in [1.54, 1.807) is 11.8 Å². The first-order chi connectivity index (χ1) is 10.2. The van der Waals surface area contributed by atoms with Gasteiger partial charge in [0.05, 0.1) is 5.69 Å². The second-order valence-corrected chi connectivity index (χ2v) is 6.21. The SMILES string of the molecule is CSc1cccc(N(C)C(N)=Nc2ccccc2SCl)c1. The van der Waals surface area contributed by atoms with E-state index in [4.69, 9.17) is 16.4 Å². The summed E-state index contributed by atoms with van der Waals surface area (Å²) in [7, 11) is 8.88. The minimum Gasteiger partial charge on any atom is -0.369 e. The summed E-state index contributed by atoms with van der Waals surface area (Å²) in [6, 6.07) is 15.8. The highest BCUT2D eigenvalue weighted by Crippen LogP contribution is 2.32. The second kappa shape index (κ2) is 7.64. The maximum Gasteiger partial charge on any atom is 0.200 e. The number of para-hydroxylation sites is 1. The summed E-state index contributed by atoms with van der Waals surface area (Å²) in [5.41, 5.74) is 7.88. The quantitative estimate of drug-likeness (QED) is 0.497. The van der Waals surface area contributed by atoms with Crippen LogP contribution in [0.1, 0.15) is 0 Å². The molecule has 21 heavy (non-hydrogen) atoms. The van der Waals surface area contributed by atoms with E-state index in [-0.39, 0.29) is 0 Å². The van der Waals surface area contributed by atoms with Gasteiger partial charge in [-0.25, -0.2) is 4.99 Å². The van der Waals surface area contributed by atoms with E-state index in [0.29, 0.717) is 5.96 Å². The molecule has 0 atom stereocenters. The number of anilines is 1. The Bertz CT molecular complexity index is 646. The predicted molar refractivity (Wildman–Crippen MR) is 96.1 cm³/mol. The van der Waals surface area contributed by atoms with Gasteiger partial charge in [-0.15, -0.1) is 11.8 Å². The fourth-order valence-electron chi connectivity index (χ4n) is 1.76. The minimum absolute atomic E-state index is 0.423. The van der Waals surface area contributed by atoms with Gasteiger partial charge in [-0.1, -0.05) is 18.2 Å². The largest absolute Gasteiger partial charge is 0.369 e. The average Bonchev–Trinajstić information content (AvgIpc) is 2.54. The summed E-state index contributed by atoms with van der Waals surface area (Å²) in [5, 5.41) is 0. The number of nitrogens with two attached hydrogens (primary N) is 1. The number of aliphatic imine (C=N–C) groups is 1. The van der Waals surface area contributed by atoms with Gasteiger partial charge in [0.1, 0.15) is 0 Å². The lowest BCUT2D eigenvalue weighted by Crippen LogP contribution is -2.33. The molecule has 2 aromatic rings. The summed E-state index contributed by atoms with van der Waals surface area (Å²) in [5.74, 6) is 0.423. The van der Waals surface area contributed by atoms with Crippen LogP contribution in [0.5, 0.6) is 0 Å². The first-order valence-corrected chi connectivity index (χ1v) is 9.12. The molecule has 110 valence electrons. The van der Waals surface area contributed by atoms with E-state index < -0.39 is 0 Å². The number of nitrogens with zero attached hydrogens (tertiary/aromatic N) is 2. The third kappa shape index (κ3) is 4.09. The Morgan fingerprint density at radius 3 is 2.67 bits per heavy atom. The molecular formula is C15H16ClN3S2. The lowest BCUT2D eigenvalue weighted by molar-refractivity contribution is 1.20. The van der Waals surface area contributed by atoms with Gasteiger partial charge in [-0.3, -0.25) is 0 Å². The first kappa shape index (κ1) is 16.1. The Morgan fingerprint density at radius 2 is 1.95 bits per heavy atom. The van der Waals surface area contributed by atoms with Crippen LogP contribution in [-0.2, 0) is 0 Å². The van der Waals surface area contributed by atoms with Gasteiger partial charge < -0.3 is 10.6 Å². The maximum atomic E-state index is 6.11. The summed E-state index contributed by atoms with van der Waals surface area (Å²) >= 11 is 1.69. The number of hydrogen-bond donors (Lipinski definition) is 1. The topological polar surface area (TPSA) is 41.6 Å². The molecular weight excluding hydrogens is 322 g/mol. The molecule has 0 saturated carbocycles. The molecule has 0 spiro atoms. The predicted octanol–water partition coefficient (Wildman–Crippen LogP) is 4.74. The molecule has 0 aliphatic rings. The third-order valence-corrected chi connectivity index (χ3v) is 4.70. The molecule has 6 heteroatoms. The number of guanidine groups is 1. The molecule has 0 fully saturated rings. The molecule has 2 aromatic carbocycles. The van der Waals surface area contributed by atoms with Crippen LogP contribution in [0.2, 0.25) is 0 Å². The van der Waals surface area contributed by atoms with E-state index >= 15 is 0 Å². The average molecular weight is 338 g/mol. The lowest BCUT2D eigenvalue weighted by Gasteiger charge is -2.19. The van der Waals surface area contributed by atoms with Crippen molar-refractivity contribution in [2.75, 3.05) is 18.2 Å². The van der Waals surface area contributed by atoms with Crippen molar-refractivity contribution < 1.29 is 0 Å². The normalized spacial score (nSPS) is 11.5. The summed E-state index contributed by atoms with van der Waals surface area (Å²) in [4.78, 5) is 8.39. The van der Waals surface area contributed by atoms with Crippen LogP contribution in [0.15, 0.2) is 63.3 Å². The van der Waals surface area contributed by atoms with Crippen LogP contribution in [0, 0.1) is 0 Å². The summed E-state index contributed by atoms with van der Waals surface area (Å²) < 4.78 is 0. The summed E-state index contributed by atoms with van der Waals surface area (Å²) in [6.07, 6.45) is 2.05. The van der Waals surface area contributed by atoms with Gasteiger partial charge in [0.2, 0.25) is 5.96 Å².